The molecule has 0 N–H and O–H groups in total. The van der Waals surface area contributed by atoms with Gasteiger partial charge in [-0.05, 0) is 12.1 Å². The highest BCUT2D eigenvalue weighted by Crippen LogP contribution is 2.31. The molecule has 100 valence electrons. The molecule has 1 fully saturated rings. The molecule has 6 heteroatoms. The highest BCUT2D eigenvalue weighted by Gasteiger charge is 2.35. The average molecular weight is 264 g/mol. The molecule has 2 aliphatic heterocycles. The fourth-order valence-electron chi connectivity index (χ4n) is 1.94. The van der Waals surface area contributed by atoms with Gasteiger partial charge in [-0.15, -0.1) is 0 Å². The van der Waals surface area contributed by atoms with Crippen LogP contribution in [0.1, 0.15) is 6.42 Å². The zero-order valence-electron chi connectivity index (χ0n) is 10.0. The van der Waals surface area contributed by atoms with Crippen LogP contribution in [0.4, 0.5) is 0 Å². The molecule has 2 atom stereocenters. The van der Waals surface area contributed by atoms with Crippen LogP contribution in [-0.4, -0.2) is 37.4 Å². The zero-order chi connectivity index (χ0) is 13.2. The van der Waals surface area contributed by atoms with Crippen molar-refractivity contribution in [2.45, 2.75) is 18.6 Å². The summed E-state index contributed by atoms with van der Waals surface area (Å²) in [5, 5.41) is 0. The van der Waals surface area contributed by atoms with Crippen molar-refractivity contribution < 1.29 is 28.5 Å². The fourth-order valence-corrected chi connectivity index (χ4v) is 1.94. The van der Waals surface area contributed by atoms with Gasteiger partial charge >= 0.3 is 11.9 Å². The molecule has 1 aromatic carbocycles. The van der Waals surface area contributed by atoms with Gasteiger partial charge in [0.2, 0.25) is 12.2 Å². The van der Waals surface area contributed by atoms with Crippen LogP contribution in [0.15, 0.2) is 24.3 Å². The van der Waals surface area contributed by atoms with E-state index in [0.29, 0.717) is 17.9 Å². The summed E-state index contributed by atoms with van der Waals surface area (Å²) >= 11 is 0. The summed E-state index contributed by atoms with van der Waals surface area (Å²) in [5.74, 6) is -0.0413. The minimum Gasteiger partial charge on any atom is -0.485 e. The zero-order valence-corrected chi connectivity index (χ0v) is 10.0. The molecular formula is C13H12O6. The van der Waals surface area contributed by atoms with Gasteiger partial charge in [-0.1, -0.05) is 12.1 Å². The summed E-state index contributed by atoms with van der Waals surface area (Å²) in [6.07, 6.45) is -1.30. The van der Waals surface area contributed by atoms with E-state index in [4.69, 9.17) is 18.9 Å². The maximum absolute atomic E-state index is 11.9. The van der Waals surface area contributed by atoms with E-state index in [1.165, 1.54) is 0 Å². The van der Waals surface area contributed by atoms with E-state index in [9.17, 15) is 9.59 Å². The van der Waals surface area contributed by atoms with Gasteiger partial charge in [-0.3, -0.25) is 0 Å². The van der Waals surface area contributed by atoms with Crippen molar-refractivity contribution in [1.82, 2.24) is 0 Å². The quantitative estimate of drug-likeness (QED) is 0.732. The van der Waals surface area contributed by atoms with Crippen LogP contribution < -0.4 is 9.47 Å². The Morgan fingerprint density at radius 2 is 2.00 bits per heavy atom. The van der Waals surface area contributed by atoms with E-state index in [-0.39, 0.29) is 13.2 Å². The molecule has 0 aliphatic carbocycles. The SMILES string of the molecule is O=C1OCC[C@@H]1OC(=O)[C@H]1COc2ccccc2O1. The first-order chi connectivity index (χ1) is 9.24. The Morgan fingerprint density at radius 1 is 1.21 bits per heavy atom. The topological polar surface area (TPSA) is 71.1 Å². The third kappa shape index (κ3) is 2.33. The van der Waals surface area contributed by atoms with Crippen molar-refractivity contribution in [3.05, 3.63) is 24.3 Å². The lowest BCUT2D eigenvalue weighted by atomic mass is 10.2. The molecule has 0 spiro atoms. The summed E-state index contributed by atoms with van der Waals surface area (Å²) < 4.78 is 20.7. The standard InChI is InChI=1S/C13H12O6/c14-12-10(5-6-16-12)19-13(15)11-7-17-8-3-1-2-4-9(8)18-11/h1-4,10-11H,5-7H2/t10-,11+/m0/s1. The predicted molar refractivity (Wildman–Crippen MR) is 61.8 cm³/mol. The van der Waals surface area contributed by atoms with Gasteiger partial charge in [0.05, 0.1) is 6.61 Å². The number of rotatable bonds is 2. The Balaban J connectivity index is 1.64. The lowest BCUT2D eigenvalue weighted by molar-refractivity contribution is -0.167. The van der Waals surface area contributed by atoms with E-state index < -0.39 is 24.1 Å². The Labute approximate surface area is 109 Å². The van der Waals surface area contributed by atoms with Gasteiger partial charge in [0.25, 0.3) is 0 Å². The van der Waals surface area contributed by atoms with Gasteiger partial charge in [0, 0.05) is 6.42 Å². The Hall–Kier alpha value is -2.24. The summed E-state index contributed by atoms with van der Waals surface area (Å²) in [4.78, 5) is 23.1. The number of fused-ring (bicyclic) bond motifs is 1. The highest BCUT2D eigenvalue weighted by atomic mass is 16.6. The molecule has 0 bridgehead atoms. The summed E-state index contributed by atoms with van der Waals surface area (Å²) in [6, 6.07) is 7.06. The lowest BCUT2D eigenvalue weighted by Crippen LogP contribution is -2.40. The molecule has 19 heavy (non-hydrogen) atoms. The van der Waals surface area contributed by atoms with Crippen LogP contribution >= 0.6 is 0 Å². The predicted octanol–water partition coefficient (Wildman–Crippen LogP) is 0.685. The molecule has 6 nitrogen and oxygen atoms in total. The van der Waals surface area contributed by atoms with Crippen LogP contribution in [0.3, 0.4) is 0 Å². The van der Waals surface area contributed by atoms with Crippen molar-refractivity contribution in [2.24, 2.45) is 0 Å². The van der Waals surface area contributed by atoms with E-state index >= 15 is 0 Å². The largest absolute Gasteiger partial charge is 0.485 e. The van der Waals surface area contributed by atoms with Crippen molar-refractivity contribution in [3.63, 3.8) is 0 Å². The van der Waals surface area contributed by atoms with Gasteiger partial charge in [0.15, 0.2) is 11.5 Å². The maximum atomic E-state index is 11.9. The normalized spacial score (nSPS) is 24.7. The molecule has 3 rings (SSSR count). The second kappa shape index (κ2) is 4.79. The van der Waals surface area contributed by atoms with Gasteiger partial charge < -0.3 is 18.9 Å². The minimum absolute atomic E-state index is 0.0671. The first-order valence-electron chi connectivity index (χ1n) is 5.99. The van der Waals surface area contributed by atoms with Crippen molar-refractivity contribution in [2.75, 3.05) is 13.2 Å². The number of esters is 2. The van der Waals surface area contributed by atoms with Crippen LogP contribution in [0.2, 0.25) is 0 Å². The molecule has 2 aliphatic rings. The molecule has 0 radical (unpaired) electrons. The Morgan fingerprint density at radius 3 is 2.74 bits per heavy atom. The second-order valence-corrected chi connectivity index (χ2v) is 4.25. The van der Waals surface area contributed by atoms with Gasteiger partial charge in [-0.25, -0.2) is 9.59 Å². The fraction of sp³-hybridized carbons (Fsp3) is 0.385. The van der Waals surface area contributed by atoms with E-state index in [0.717, 1.165) is 0 Å². The van der Waals surface area contributed by atoms with Crippen LogP contribution in [-0.2, 0) is 19.1 Å². The number of ether oxygens (including phenoxy) is 4. The number of carbonyl (C=O) groups is 2. The first-order valence-corrected chi connectivity index (χ1v) is 5.99. The minimum atomic E-state index is -0.858. The average Bonchev–Trinajstić information content (AvgIpc) is 2.84. The molecule has 0 aromatic heterocycles. The third-order valence-electron chi connectivity index (χ3n) is 2.92. The second-order valence-electron chi connectivity index (χ2n) is 4.25. The Kier molecular flexibility index (Phi) is 2.98. The smallest absolute Gasteiger partial charge is 0.351 e. The number of para-hydroxylation sites is 2. The van der Waals surface area contributed by atoms with Gasteiger partial charge in [-0.2, -0.15) is 0 Å². The third-order valence-corrected chi connectivity index (χ3v) is 2.92. The molecule has 1 saturated heterocycles. The number of hydrogen-bond donors (Lipinski definition) is 0. The maximum Gasteiger partial charge on any atom is 0.351 e. The van der Waals surface area contributed by atoms with Crippen molar-refractivity contribution >= 4 is 11.9 Å². The lowest BCUT2D eigenvalue weighted by Gasteiger charge is -2.25. The molecule has 0 saturated carbocycles. The number of carbonyl (C=O) groups excluding carboxylic acids is 2. The van der Waals surface area contributed by atoms with E-state index in [2.05, 4.69) is 0 Å². The highest BCUT2D eigenvalue weighted by molar-refractivity contribution is 5.82. The number of benzene rings is 1. The number of hydrogen-bond acceptors (Lipinski definition) is 6. The molecule has 0 unspecified atom stereocenters. The first kappa shape index (κ1) is 11.8. The molecule has 0 amide bonds. The van der Waals surface area contributed by atoms with Crippen molar-refractivity contribution in [3.8, 4) is 11.5 Å². The molecule has 2 heterocycles. The monoisotopic (exact) mass is 264 g/mol. The van der Waals surface area contributed by atoms with Gasteiger partial charge in [0.1, 0.15) is 6.61 Å². The summed E-state index contributed by atoms with van der Waals surface area (Å²) in [7, 11) is 0. The summed E-state index contributed by atoms with van der Waals surface area (Å²) in [5.41, 5.74) is 0. The molecule has 1 aromatic rings. The molecular weight excluding hydrogens is 252 g/mol. The Bertz CT molecular complexity index is 512. The van der Waals surface area contributed by atoms with Crippen molar-refractivity contribution in [1.29, 1.82) is 0 Å². The van der Waals surface area contributed by atoms with E-state index in [1.54, 1.807) is 18.2 Å². The van der Waals surface area contributed by atoms with Crippen LogP contribution in [0.5, 0.6) is 11.5 Å². The van der Waals surface area contributed by atoms with Crippen LogP contribution in [0.25, 0.3) is 0 Å². The van der Waals surface area contributed by atoms with E-state index in [1.807, 2.05) is 6.07 Å². The number of cyclic esters (lactones) is 1. The summed E-state index contributed by atoms with van der Waals surface area (Å²) in [6.45, 7) is 0.346. The van der Waals surface area contributed by atoms with Crippen LogP contribution in [0, 0.1) is 0 Å².